The number of hydrogen-bond donors (Lipinski definition) is 2. The van der Waals surface area contributed by atoms with E-state index in [1.165, 1.54) is 104 Å². The van der Waals surface area contributed by atoms with Gasteiger partial charge in [0.15, 0.2) is 0 Å². The summed E-state index contributed by atoms with van der Waals surface area (Å²) in [5.74, 6) is -0.508. The number of allylic oxidation sites excluding steroid dienone is 1. The lowest BCUT2D eigenvalue weighted by molar-refractivity contribution is -0.141. The Morgan fingerprint density at radius 2 is 0.572 bits per heavy atom. The minimum atomic E-state index is -0.349. The number of hydrogen-bond acceptors (Lipinski definition) is 12. The van der Waals surface area contributed by atoms with E-state index in [-0.39, 0.29) is 30.5 Å². The largest absolute Gasteiger partial charge is 0.466 e. The molecular formula is C133H136O11S. The van der Waals surface area contributed by atoms with Gasteiger partial charge in [-0.25, -0.2) is 19.2 Å². The van der Waals surface area contributed by atoms with Crippen molar-refractivity contribution in [1.29, 1.82) is 0 Å². The van der Waals surface area contributed by atoms with Gasteiger partial charge >= 0.3 is 23.9 Å². The van der Waals surface area contributed by atoms with Gasteiger partial charge in [0.1, 0.15) is 19.0 Å². The molecule has 0 bridgehead atoms. The van der Waals surface area contributed by atoms with Crippen molar-refractivity contribution >= 4 is 125 Å². The third-order valence-electron chi connectivity index (χ3n) is 20.1. The molecule has 0 radical (unpaired) electrons. The molecule has 12 heteroatoms. The van der Waals surface area contributed by atoms with Crippen molar-refractivity contribution in [2.24, 2.45) is 0 Å². The topological polar surface area (TPSA) is 155 Å². The van der Waals surface area contributed by atoms with Gasteiger partial charge in [-0.3, -0.25) is 0 Å². The number of carbonyl (C=O) groups is 4. The van der Waals surface area contributed by atoms with E-state index in [0.717, 1.165) is 54.9 Å². The molecule has 0 spiro atoms. The molecule has 2 N–H and O–H groups in total. The van der Waals surface area contributed by atoms with Crippen LogP contribution >= 0.6 is 11.8 Å². The maximum Gasteiger partial charge on any atom is 0.333 e. The van der Waals surface area contributed by atoms with Gasteiger partial charge in [-0.1, -0.05) is 515 Å². The first-order chi connectivity index (χ1) is 70.5. The molecule has 0 saturated heterocycles. The van der Waals surface area contributed by atoms with Gasteiger partial charge < -0.3 is 33.9 Å². The Labute approximate surface area is 864 Å². The van der Waals surface area contributed by atoms with Gasteiger partial charge in [0.05, 0.1) is 19.5 Å². The maximum atomic E-state index is 11.3. The molecule has 0 fully saturated rings. The van der Waals surface area contributed by atoms with E-state index in [1.807, 2.05) is 279 Å². The minimum absolute atomic E-state index is 0.288. The molecule has 0 aromatic heterocycles. The lowest BCUT2D eigenvalue weighted by atomic mass is 10.1. The summed E-state index contributed by atoms with van der Waals surface area (Å²) in [5.41, 5.74) is 14.3. The zero-order valence-electron chi connectivity index (χ0n) is 84.7. The Hall–Kier alpha value is -17.1. The Morgan fingerprint density at radius 1 is 0.269 bits per heavy atom. The van der Waals surface area contributed by atoms with Gasteiger partial charge in [-0.15, -0.1) is 0 Å². The third kappa shape index (κ3) is 50.0. The first-order valence-electron chi connectivity index (χ1n) is 46.8. The van der Waals surface area contributed by atoms with Gasteiger partial charge in [-0.2, -0.15) is 0 Å². The number of rotatable bonds is 24. The standard InChI is InChI=1S/C16H16O2.C15H14O2.C12H14O2.3C12H10.C11H12O2.C9H10.C8H8O.C8H8S.2C8H8.2CH4O/c1-12(2)16(17)18-10-9-13-7-8-14-5-3-4-6-15(14)11-13;1-11(2)15(16)17-10-12-7-8-13-5-3-4-6-14(13)9-12;1-10(2)12(13)14-9-8-11-6-4-3-5-7-11;2*1-2-10-7-5-8-11-6-3-4-9-12(10)11;1-2-10-7-8-11-5-3-4-6-12(11)9-10;1-9(2)11(12)13-8-10-6-4-3-5-7-10;1-8(2)9-6-4-3-5-7-9;2*1-2-9-8-6-4-3-5-7-8;2*1-2-8-6-4-3-5-7-8;2*1-2/h3-8,11H,1,9-10H2,2H3;3-9H,1,10H2,2H3;3-7H,1,8-9H2,2H3;3*2-9H,1H2;3-7H,1,8H2,2H3;3-7H,1H2,2H3;2*2-7H,1H2;2*2-7H,1H2;2*2H,1H3. The van der Waals surface area contributed by atoms with Crippen molar-refractivity contribution in [3.05, 3.63) is 593 Å². The molecule has 0 saturated carbocycles. The van der Waals surface area contributed by atoms with E-state index in [2.05, 4.69) is 267 Å². The molecule has 17 aromatic rings. The average molecular weight is 1940 g/mol. The summed E-state index contributed by atoms with van der Waals surface area (Å²) >= 11 is 1.64. The van der Waals surface area contributed by atoms with Gasteiger partial charge in [0, 0.05) is 54.2 Å². The first-order valence-corrected chi connectivity index (χ1v) is 47.6. The number of aliphatic hydroxyl groups excluding tert-OH is 2. The number of fused-ring (bicyclic) bond motifs is 5. The Bertz CT molecular complexity index is 6600. The zero-order chi connectivity index (χ0) is 106. The molecule has 11 nitrogen and oxygen atoms in total. The Balaban J connectivity index is 0.000000331. The summed E-state index contributed by atoms with van der Waals surface area (Å²) in [6.45, 7) is 53.5. The molecule has 0 atom stereocenters. The van der Waals surface area contributed by atoms with Crippen molar-refractivity contribution in [2.45, 2.75) is 65.6 Å². The molecule has 0 amide bonds. The van der Waals surface area contributed by atoms with E-state index in [4.69, 9.17) is 33.9 Å². The number of thioether (sulfide) groups is 1. The van der Waals surface area contributed by atoms with Crippen molar-refractivity contribution < 1.29 is 53.1 Å². The fourth-order valence-electron chi connectivity index (χ4n) is 12.5. The third-order valence-corrected chi connectivity index (χ3v) is 20.8. The van der Waals surface area contributed by atoms with E-state index in [0.29, 0.717) is 42.1 Å². The molecule has 17 rings (SSSR count). The van der Waals surface area contributed by atoms with Crippen LogP contribution in [0, 0.1) is 0 Å². The van der Waals surface area contributed by atoms with Crippen LogP contribution in [0.25, 0.3) is 89.8 Å². The quantitative estimate of drug-likeness (QED) is 0.0194. The van der Waals surface area contributed by atoms with Crippen LogP contribution in [-0.4, -0.2) is 61.5 Å². The summed E-state index contributed by atoms with van der Waals surface area (Å²) in [6, 6.07) is 142. The molecule has 0 aliphatic carbocycles. The van der Waals surface area contributed by atoms with Crippen molar-refractivity contribution in [1.82, 2.24) is 0 Å². The number of esters is 4. The second-order valence-corrected chi connectivity index (χ2v) is 32.3. The van der Waals surface area contributed by atoms with Crippen LogP contribution in [0.1, 0.15) is 90.3 Å². The smallest absolute Gasteiger partial charge is 0.333 e. The molecule has 0 aliphatic heterocycles. The number of carbonyl (C=O) groups excluding carboxylic acids is 4. The highest BCUT2D eigenvalue weighted by Gasteiger charge is 2.08. The molecule has 0 heterocycles. The van der Waals surface area contributed by atoms with Crippen molar-refractivity contribution in [2.75, 3.05) is 27.4 Å². The Kier molecular flexibility index (Phi) is 61.3. The predicted octanol–water partition coefficient (Wildman–Crippen LogP) is 33.8. The van der Waals surface area contributed by atoms with Gasteiger partial charge in [0.25, 0.3) is 0 Å². The lowest BCUT2D eigenvalue weighted by Crippen LogP contribution is -2.07. The molecule has 17 aromatic carbocycles. The van der Waals surface area contributed by atoms with E-state index in [1.54, 1.807) is 39.5 Å². The van der Waals surface area contributed by atoms with Crippen LogP contribution in [-0.2, 0) is 64.2 Å². The van der Waals surface area contributed by atoms with Crippen LogP contribution < -0.4 is 4.74 Å². The van der Waals surface area contributed by atoms with Crippen LogP contribution in [0.15, 0.2) is 542 Å². The molecule has 740 valence electrons. The number of benzene rings is 17. The van der Waals surface area contributed by atoms with E-state index in [9.17, 15) is 19.2 Å². The number of para-hydroxylation sites is 1. The highest BCUT2D eigenvalue weighted by molar-refractivity contribution is 8.02. The number of ether oxygens (including phenoxy) is 5. The minimum Gasteiger partial charge on any atom is -0.466 e. The summed E-state index contributed by atoms with van der Waals surface area (Å²) in [7, 11) is 2.00. The first kappa shape index (κ1) is 120. The van der Waals surface area contributed by atoms with Gasteiger partial charge in [0.2, 0.25) is 0 Å². The highest BCUT2D eigenvalue weighted by atomic mass is 32.2. The predicted molar refractivity (Wildman–Crippen MR) is 621 cm³/mol. The fourth-order valence-corrected chi connectivity index (χ4v) is 13.0. The molecule has 145 heavy (non-hydrogen) atoms. The monoisotopic (exact) mass is 1940 g/mol. The SMILES string of the molecule is C=C(C)C(=O)OCCc1ccc2ccccc2c1.C=C(C)C(=O)OCCc1ccccc1.C=C(C)C(=O)OCc1ccc2ccccc2c1.C=C(C)C(=O)OCc1ccccc1.C=C(C)c1ccccc1.C=COc1ccccc1.C=CSc1ccccc1.C=Cc1ccc2ccccc2c1.C=Cc1cccc2ccccc12.C=Cc1cccc2ccccc12.C=Cc1ccccc1.C=Cc1ccccc1.CO.CO. The molecule has 0 aliphatic rings. The van der Waals surface area contributed by atoms with Crippen LogP contribution in [0.3, 0.4) is 0 Å². The summed E-state index contributed by atoms with van der Waals surface area (Å²) in [6.07, 6.45) is 12.2. The van der Waals surface area contributed by atoms with E-state index >= 15 is 0 Å². The summed E-state index contributed by atoms with van der Waals surface area (Å²) < 4.78 is 25.1. The van der Waals surface area contributed by atoms with Gasteiger partial charge in [-0.05, 0) is 186 Å². The van der Waals surface area contributed by atoms with Crippen molar-refractivity contribution in [3.8, 4) is 5.75 Å². The zero-order valence-corrected chi connectivity index (χ0v) is 85.5. The number of aliphatic hydroxyl groups is 2. The second kappa shape index (κ2) is 73.9. The van der Waals surface area contributed by atoms with E-state index < -0.39 is 0 Å². The molecule has 0 unspecified atom stereocenters. The second-order valence-electron chi connectivity index (χ2n) is 31.3. The average Bonchev–Trinajstić information content (AvgIpc) is 0.841. The highest BCUT2D eigenvalue weighted by Crippen LogP contribution is 2.24. The molecular weight excluding hydrogens is 1810 g/mol. The fraction of sp³-hybridized carbons (Fsp3) is 0.0977. The maximum absolute atomic E-state index is 11.3. The van der Waals surface area contributed by atoms with Crippen LogP contribution in [0.2, 0.25) is 0 Å². The summed E-state index contributed by atoms with van der Waals surface area (Å²) in [4.78, 5) is 45.7. The normalized spacial score (nSPS) is 9.36. The van der Waals surface area contributed by atoms with Crippen molar-refractivity contribution in [3.63, 3.8) is 0 Å². The Morgan fingerprint density at radius 3 is 0.938 bits per heavy atom. The lowest BCUT2D eigenvalue weighted by Gasteiger charge is -2.05. The summed E-state index contributed by atoms with van der Waals surface area (Å²) in [5, 5.41) is 28.2. The van der Waals surface area contributed by atoms with Crippen LogP contribution in [0.4, 0.5) is 0 Å². The van der Waals surface area contributed by atoms with Crippen LogP contribution in [0.5, 0.6) is 5.75 Å².